The summed E-state index contributed by atoms with van der Waals surface area (Å²) in [7, 11) is 0. The average Bonchev–Trinajstić information content (AvgIpc) is 3.26. The fraction of sp³-hybridized carbons (Fsp3) is 0.211. The molecule has 1 aromatic carbocycles. The first-order valence-electron chi connectivity index (χ1n) is 8.11. The van der Waals surface area contributed by atoms with Gasteiger partial charge in [0.05, 0.1) is 27.8 Å². The first kappa shape index (κ1) is 16.9. The Kier molecular flexibility index (Phi) is 4.34. The predicted octanol–water partition coefficient (Wildman–Crippen LogP) is 4.10. The number of fused-ring (bicyclic) bond motifs is 1. The van der Waals surface area contributed by atoms with E-state index in [1.165, 1.54) is 16.2 Å². The van der Waals surface area contributed by atoms with Gasteiger partial charge in [-0.3, -0.25) is 14.5 Å². The van der Waals surface area contributed by atoms with Crippen LogP contribution >= 0.6 is 22.7 Å². The Balaban J connectivity index is 1.72. The van der Waals surface area contributed by atoms with E-state index in [0.29, 0.717) is 16.3 Å². The number of thiophene rings is 1. The van der Waals surface area contributed by atoms with E-state index in [4.69, 9.17) is 4.74 Å². The third-order valence-electron chi connectivity index (χ3n) is 4.18. The number of amides is 1. The van der Waals surface area contributed by atoms with E-state index >= 15 is 0 Å². The van der Waals surface area contributed by atoms with Gasteiger partial charge < -0.3 is 4.74 Å². The van der Waals surface area contributed by atoms with Crippen LogP contribution in [-0.4, -0.2) is 29.8 Å². The maximum absolute atomic E-state index is 12.5. The van der Waals surface area contributed by atoms with Gasteiger partial charge in [0.2, 0.25) is 0 Å². The number of carbonyl (C=O) groups is 2. The zero-order chi connectivity index (χ0) is 18.3. The van der Waals surface area contributed by atoms with E-state index in [2.05, 4.69) is 4.98 Å². The Morgan fingerprint density at radius 2 is 2.15 bits per heavy atom. The van der Waals surface area contributed by atoms with Gasteiger partial charge in [-0.1, -0.05) is 6.07 Å². The number of aromatic nitrogens is 1. The summed E-state index contributed by atoms with van der Waals surface area (Å²) in [6.07, 6.45) is 0. The number of Topliss-reactive ketones (excluding diaryl/α,β-unsaturated/α-hetero) is 1. The van der Waals surface area contributed by atoms with Gasteiger partial charge in [-0.05, 0) is 43.5 Å². The third-order valence-corrected chi connectivity index (χ3v) is 5.97. The Bertz CT molecular complexity index is 992. The molecule has 0 saturated heterocycles. The molecule has 1 aliphatic heterocycles. The van der Waals surface area contributed by atoms with Crippen LogP contribution in [0.3, 0.4) is 0 Å². The molecule has 3 heterocycles. The number of anilines is 1. The number of nitrogens with zero attached hydrogens (tertiary/aromatic N) is 2. The van der Waals surface area contributed by atoms with Crippen molar-refractivity contribution in [1.82, 2.24) is 4.98 Å². The molecule has 0 saturated carbocycles. The van der Waals surface area contributed by atoms with E-state index in [1.807, 2.05) is 43.5 Å². The number of thiazole rings is 1. The van der Waals surface area contributed by atoms with Crippen molar-refractivity contribution in [3.05, 3.63) is 50.5 Å². The number of benzene rings is 1. The number of hydrogen-bond donors (Lipinski definition) is 0. The molecule has 132 valence electrons. The number of ether oxygens (including phenoxy) is 1. The molecule has 3 aromatic rings. The van der Waals surface area contributed by atoms with E-state index < -0.39 is 0 Å². The Morgan fingerprint density at radius 1 is 1.31 bits per heavy atom. The molecular weight excluding hydrogens is 368 g/mol. The summed E-state index contributed by atoms with van der Waals surface area (Å²) >= 11 is 3.02. The molecule has 0 fully saturated rings. The Labute approximate surface area is 158 Å². The molecule has 7 heteroatoms. The van der Waals surface area contributed by atoms with Crippen molar-refractivity contribution in [3.63, 3.8) is 0 Å². The largest absolute Gasteiger partial charge is 0.482 e. The van der Waals surface area contributed by atoms with E-state index in [-0.39, 0.29) is 24.8 Å². The van der Waals surface area contributed by atoms with E-state index in [0.717, 1.165) is 21.1 Å². The molecule has 0 radical (unpaired) electrons. The number of aryl methyl sites for hydroxylation is 2. The van der Waals surface area contributed by atoms with E-state index in [1.54, 1.807) is 17.4 Å². The van der Waals surface area contributed by atoms with E-state index in [9.17, 15) is 9.59 Å². The second-order valence-corrected chi connectivity index (χ2v) is 8.34. The third kappa shape index (κ3) is 3.04. The molecule has 0 atom stereocenters. The van der Waals surface area contributed by atoms with Crippen LogP contribution in [0, 0.1) is 13.8 Å². The van der Waals surface area contributed by atoms with Crippen LogP contribution in [0.25, 0.3) is 11.3 Å². The van der Waals surface area contributed by atoms with Gasteiger partial charge in [-0.25, -0.2) is 4.98 Å². The minimum absolute atomic E-state index is 0.00817. The SMILES string of the molecule is Cc1nc(-c2ccc3c(c2)N(CC(=O)c2cccs2)C(=O)CO3)c(C)s1. The highest BCUT2D eigenvalue weighted by Gasteiger charge is 2.28. The van der Waals surface area contributed by atoms with Crippen molar-refractivity contribution >= 4 is 40.1 Å². The van der Waals surface area contributed by atoms with Crippen molar-refractivity contribution in [2.75, 3.05) is 18.1 Å². The number of ketones is 1. The molecule has 26 heavy (non-hydrogen) atoms. The van der Waals surface area contributed by atoms with Gasteiger partial charge in [0.15, 0.2) is 12.4 Å². The highest BCUT2D eigenvalue weighted by atomic mass is 32.1. The highest BCUT2D eigenvalue weighted by molar-refractivity contribution is 7.12. The average molecular weight is 384 g/mol. The second-order valence-electron chi connectivity index (χ2n) is 5.99. The van der Waals surface area contributed by atoms with Gasteiger partial charge in [0.1, 0.15) is 5.75 Å². The lowest BCUT2D eigenvalue weighted by Crippen LogP contribution is -2.41. The summed E-state index contributed by atoms with van der Waals surface area (Å²) in [6.45, 7) is 3.95. The highest BCUT2D eigenvalue weighted by Crippen LogP contribution is 2.37. The van der Waals surface area contributed by atoms with Gasteiger partial charge in [0.25, 0.3) is 5.91 Å². The van der Waals surface area contributed by atoms with Crippen LogP contribution in [0.5, 0.6) is 5.75 Å². The molecule has 0 bridgehead atoms. The summed E-state index contributed by atoms with van der Waals surface area (Å²) in [6, 6.07) is 9.27. The first-order chi connectivity index (χ1) is 12.5. The summed E-state index contributed by atoms with van der Waals surface area (Å²) in [5, 5.41) is 2.85. The van der Waals surface area contributed by atoms with Crippen LogP contribution in [0.15, 0.2) is 35.7 Å². The Hall–Kier alpha value is -2.51. The standard InChI is InChI=1S/C19H16N2O3S2/c1-11-19(20-12(2)26-11)13-5-6-16-14(8-13)21(18(23)10-24-16)9-15(22)17-4-3-7-25-17/h3-8H,9-10H2,1-2H3. The van der Waals surface area contributed by atoms with Crippen LogP contribution in [-0.2, 0) is 4.79 Å². The molecular formula is C19H16N2O3S2. The number of hydrogen-bond acceptors (Lipinski definition) is 6. The molecule has 1 amide bonds. The zero-order valence-corrected chi connectivity index (χ0v) is 15.9. The molecule has 0 aliphatic carbocycles. The summed E-state index contributed by atoms with van der Waals surface area (Å²) in [5.41, 5.74) is 2.43. The number of rotatable bonds is 4. The molecule has 2 aromatic heterocycles. The van der Waals surface area contributed by atoms with Gasteiger partial charge in [-0.15, -0.1) is 22.7 Å². The quantitative estimate of drug-likeness (QED) is 0.636. The minimum atomic E-state index is -0.217. The van der Waals surface area contributed by atoms with Crippen molar-refractivity contribution in [2.24, 2.45) is 0 Å². The lowest BCUT2D eigenvalue weighted by molar-refractivity contribution is -0.121. The molecule has 4 rings (SSSR count). The Morgan fingerprint density at radius 3 is 2.85 bits per heavy atom. The molecule has 1 aliphatic rings. The molecule has 0 spiro atoms. The minimum Gasteiger partial charge on any atom is -0.482 e. The van der Waals surface area contributed by atoms with Crippen molar-refractivity contribution in [3.8, 4) is 17.0 Å². The first-order valence-corrected chi connectivity index (χ1v) is 9.81. The van der Waals surface area contributed by atoms with Crippen LogP contribution in [0.2, 0.25) is 0 Å². The molecule has 5 nitrogen and oxygen atoms in total. The van der Waals surface area contributed by atoms with Crippen molar-refractivity contribution in [1.29, 1.82) is 0 Å². The van der Waals surface area contributed by atoms with Gasteiger partial charge in [-0.2, -0.15) is 0 Å². The normalized spacial score (nSPS) is 13.5. The van der Waals surface area contributed by atoms with Gasteiger partial charge in [0, 0.05) is 10.4 Å². The lowest BCUT2D eigenvalue weighted by atomic mass is 10.1. The second kappa shape index (κ2) is 6.66. The van der Waals surface area contributed by atoms with Gasteiger partial charge >= 0.3 is 0 Å². The fourth-order valence-electron chi connectivity index (χ4n) is 2.98. The van der Waals surface area contributed by atoms with Crippen molar-refractivity contribution in [2.45, 2.75) is 13.8 Å². The summed E-state index contributed by atoms with van der Waals surface area (Å²) in [4.78, 5) is 32.8. The summed E-state index contributed by atoms with van der Waals surface area (Å²) < 4.78 is 5.55. The smallest absolute Gasteiger partial charge is 0.265 e. The predicted molar refractivity (Wildman–Crippen MR) is 104 cm³/mol. The maximum atomic E-state index is 12.5. The summed E-state index contributed by atoms with van der Waals surface area (Å²) in [5.74, 6) is 0.315. The topological polar surface area (TPSA) is 59.5 Å². The van der Waals surface area contributed by atoms with Crippen molar-refractivity contribution < 1.29 is 14.3 Å². The molecule has 0 N–H and O–H groups in total. The lowest BCUT2D eigenvalue weighted by Gasteiger charge is -2.29. The molecule has 0 unspecified atom stereocenters. The monoisotopic (exact) mass is 384 g/mol. The van der Waals surface area contributed by atoms with Crippen LogP contribution in [0.4, 0.5) is 5.69 Å². The van der Waals surface area contributed by atoms with Crippen LogP contribution < -0.4 is 9.64 Å². The maximum Gasteiger partial charge on any atom is 0.265 e. The number of carbonyl (C=O) groups excluding carboxylic acids is 2. The zero-order valence-electron chi connectivity index (χ0n) is 14.3. The van der Waals surface area contributed by atoms with Crippen LogP contribution in [0.1, 0.15) is 19.6 Å². The fourth-order valence-corrected chi connectivity index (χ4v) is 4.48.